The zero-order valence-corrected chi connectivity index (χ0v) is 9.89. The molecule has 0 saturated carbocycles. The van der Waals surface area contributed by atoms with Gasteiger partial charge in [0.2, 0.25) is 5.91 Å². The Balaban J connectivity index is 1.98. The third kappa shape index (κ3) is 2.42. The maximum atomic E-state index is 12.2. The van der Waals surface area contributed by atoms with E-state index in [-0.39, 0.29) is 18.0 Å². The molecule has 0 aliphatic carbocycles. The van der Waals surface area contributed by atoms with Crippen LogP contribution < -0.4 is 5.32 Å². The number of carboxylic acids is 1. The predicted octanol–water partition coefficient (Wildman–Crippen LogP) is -0.704. The summed E-state index contributed by atoms with van der Waals surface area (Å²) in [5.74, 6) is -1.30. The van der Waals surface area contributed by atoms with E-state index >= 15 is 0 Å². The lowest BCUT2D eigenvalue weighted by atomic mass is 10.0. The minimum atomic E-state index is -0.819. The number of carboxylic acid groups (broad SMARTS) is 1. The highest BCUT2D eigenvalue weighted by atomic mass is 16.5. The Kier molecular flexibility index (Phi) is 3.63. The first-order valence-electron chi connectivity index (χ1n) is 5.95. The number of nitrogens with one attached hydrogen (secondary N) is 1. The fourth-order valence-electron chi connectivity index (χ4n) is 2.51. The molecule has 2 aliphatic heterocycles. The van der Waals surface area contributed by atoms with Crippen LogP contribution in [0.4, 0.5) is 0 Å². The summed E-state index contributed by atoms with van der Waals surface area (Å²) in [4.78, 5) is 24.8. The lowest BCUT2D eigenvalue weighted by Gasteiger charge is -2.30. The van der Waals surface area contributed by atoms with Gasteiger partial charge in [-0.15, -0.1) is 0 Å². The van der Waals surface area contributed by atoms with Crippen LogP contribution in [-0.2, 0) is 14.3 Å². The van der Waals surface area contributed by atoms with Crippen molar-refractivity contribution in [1.82, 2.24) is 10.2 Å². The van der Waals surface area contributed by atoms with Gasteiger partial charge >= 0.3 is 5.97 Å². The minimum absolute atomic E-state index is 0.0408. The number of likely N-dealkylation sites (tertiary alicyclic amines) is 1. The van der Waals surface area contributed by atoms with Gasteiger partial charge in [0.15, 0.2) is 0 Å². The molecule has 0 radical (unpaired) electrons. The lowest BCUT2D eigenvalue weighted by molar-refractivity contribution is -0.143. The molecule has 96 valence electrons. The van der Waals surface area contributed by atoms with E-state index in [2.05, 4.69) is 5.32 Å². The number of rotatable bonds is 2. The van der Waals surface area contributed by atoms with Crippen LogP contribution in [0, 0.1) is 5.92 Å². The molecular weight excluding hydrogens is 224 g/mol. The summed E-state index contributed by atoms with van der Waals surface area (Å²) in [6.45, 7) is 3.99. The Morgan fingerprint density at radius 1 is 1.47 bits per heavy atom. The third-order valence-electron chi connectivity index (χ3n) is 3.57. The summed E-state index contributed by atoms with van der Waals surface area (Å²) < 4.78 is 5.25. The van der Waals surface area contributed by atoms with E-state index in [0.717, 1.165) is 0 Å². The van der Waals surface area contributed by atoms with Gasteiger partial charge in [0, 0.05) is 19.1 Å². The van der Waals surface area contributed by atoms with Crippen LogP contribution in [0.1, 0.15) is 13.3 Å². The first-order chi connectivity index (χ1) is 8.11. The maximum Gasteiger partial charge on any atom is 0.308 e. The molecule has 2 saturated heterocycles. The number of nitrogens with zero attached hydrogens (tertiary/aromatic N) is 1. The smallest absolute Gasteiger partial charge is 0.308 e. The number of carbonyl (C=O) groups excluding carboxylic acids is 1. The first-order valence-corrected chi connectivity index (χ1v) is 5.95. The van der Waals surface area contributed by atoms with E-state index in [4.69, 9.17) is 9.84 Å². The van der Waals surface area contributed by atoms with Gasteiger partial charge in [-0.25, -0.2) is 0 Å². The largest absolute Gasteiger partial charge is 0.481 e. The number of ether oxygens (including phenoxy) is 1. The molecule has 2 N–H and O–H groups in total. The summed E-state index contributed by atoms with van der Waals surface area (Å²) in [6, 6.07) is -0.553. The van der Waals surface area contributed by atoms with E-state index in [0.29, 0.717) is 32.7 Å². The molecule has 1 amide bonds. The van der Waals surface area contributed by atoms with E-state index in [1.54, 1.807) is 11.8 Å². The second-order valence-corrected chi connectivity index (χ2v) is 4.59. The van der Waals surface area contributed by atoms with Crippen LogP contribution in [0.3, 0.4) is 0 Å². The summed E-state index contributed by atoms with van der Waals surface area (Å²) in [5.41, 5.74) is 0. The van der Waals surface area contributed by atoms with Crippen molar-refractivity contribution in [1.29, 1.82) is 0 Å². The molecule has 0 spiro atoms. The van der Waals surface area contributed by atoms with Crippen LogP contribution in [0.5, 0.6) is 0 Å². The van der Waals surface area contributed by atoms with Crippen molar-refractivity contribution in [2.24, 2.45) is 5.92 Å². The molecule has 2 rings (SSSR count). The van der Waals surface area contributed by atoms with E-state index in [1.165, 1.54) is 0 Å². The minimum Gasteiger partial charge on any atom is -0.481 e. The van der Waals surface area contributed by atoms with Crippen LogP contribution in [0.25, 0.3) is 0 Å². The topological polar surface area (TPSA) is 78.9 Å². The van der Waals surface area contributed by atoms with Gasteiger partial charge < -0.3 is 20.1 Å². The number of hydrogen-bond donors (Lipinski definition) is 2. The number of carbonyl (C=O) groups is 2. The molecule has 2 aliphatic rings. The first kappa shape index (κ1) is 12.3. The van der Waals surface area contributed by atoms with Gasteiger partial charge in [-0.2, -0.15) is 0 Å². The second-order valence-electron chi connectivity index (χ2n) is 4.59. The lowest BCUT2D eigenvalue weighted by Crippen LogP contribution is -2.53. The summed E-state index contributed by atoms with van der Waals surface area (Å²) in [6.07, 6.45) is 0.538. The second kappa shape index (κ2) is 5.01. The van der Waals surface area contributed by atoms with Gasteiger partial charge in [-0.05, 0) is 13.3 Å². The van der Waals surface area contributed by atoms with Crippen LogP contribution in [0.15, 0.2) is 0 Å². The van der Waals surface area contributed by atoms with E-state index in [1.807, 2.05) is 0 Å². The van der Waals surface area contributed by atoms with Crippen molar-refractivity contribution in [3.63, 3.8) is 0 Å². The fourth-order valence-corrected chi connectivity index (χ4v) is 2.51. The van der Waals surface area contributed by atoms with Gasteiger partial charge in [0.05, 0.1) is 19.1 Å². The van der Waals surface area contributed by atoms with Crippen LogP contribution in [0.2, 0.25) is 0 Å². The van der Waals surface area contributed by atoms with Crippen molar-refractivity contribution < 1.29 is 19.4 Å². The monoisotopic (exact) mass is 242 g/mol. The number of morpholine rings is 1. The van der Waals surface area contributed by atoms with Gasteiger partial charge in [0.25, 0.3) is 0 Å². The number of aliphatic carboxylic acids is 1. The molecule has 6 heteroatoms. The zero-order chi connectivity index (χ0) is 12.4. The predicted molar refractivity (Wildman–Crippen MR) is 59.5 cm³/mol. The van der Waals surface area contributed by atoms with Crippen LogP contribution in [-0.4, -0.2) is 60.3 Å². The quantitative estimate of drug-likeness (QED) is 0.669. The van der Waals surface area contributed by atoms with E-state index < -0.39 is 11.9 Å². The highest BCUT2D eigenvalue weighted by Crippen LogP contribution is 2.25. The van der Waals surface area contributed by atoms with Gasteiger partial charge in [0.1, 0.15) is 6.04 Å². The van der Waals surface area contributed by atoms with Crippen molar-refractivity contribution in [2.45, 2.75) is 25.4 Å². The van der Waals surface area contributed by atoms with Gasteiger partial charge in [-0.1, -0.05) is 0 Å². The molecule has 17 heavy (non-hydrogen) atoms. The Labute approximate surface area is 99.9 Å². The number of amides is 1. The highest BCUT2D eigenvalue weighted by Gasteiger charge is 2.40. The average Bonchev–Trinajstić information content (AvgIpc) is 2.71. The molecule has 6 nitrogen and oxygen atoms in total. The van der Waals surface area contributed by atoms with E-state index in [9.17, 15) is 9.59 Å². The SMILES string of the molecule is CC1C(C(=O)O)CCN1C(=O)C1COCCN1. The summed E-state index contributed by atoms with van der Waals surface area (Å²) in [7, 11) is 0. The van der Waals surface area contributed by atoms with Crippen molar-refractivity contribution in [3.05, 3.63) is 0 Å². The molecule has 3 atom stereocenters. The normalized spacial score (nSPS) is 33.7. The average molecular weight is 242 g/mol. The molecule has 2 heterocycles. The third-order valence-corrected chi connectivity index (χ3v) is 3.57. The standard InChI is InChI=1S/C11H18N2O4/c1-7-8(11(15)16)2-4-13(7)10(14)9-6-17-5-3-12-9/h7-9,12H,2-6H2,1H3,(H,15,16). The van der Waals surface area contributed by atoms with Crippen LogP contribution >= 0.6 is 0 Å². The zero-order valence-electron chi connectivity index (χ0n) is 9.89. The Hall–Kier alpha value is -1.14. The molecule has 2 fully saturated rings. The highest BCUT2D eigenvalue weighted by molar-refractivity contribution is 5.84. The van der Waals surface area contributed by atoms with Crippen molar-refractivity contribution in [2.75, 3.05) is 26.3 Å². The molecule has 0 aromatic carbocycles. The number of hydrogen-bond acceptors (Lipinski definition) is 4. The molecule has 0 aromatic heterocycles. The molecule has 0 aromatic rings. The summed E-state index contributed by atoms with van der Waals surface area (Å²) in [5, 5.41) is 12.1. The van der Waals surface area contributed by atoms with Crippen molar-refractivity contribution >= 4 is 11.9 Å². The summed E-state index contributed by atoms with van der Waals surface area (Å²) >= 11 is 0. The van der Waals surface area contributed by atoms with Crippen molar-refractivity contribution in [3.8, 4) is 0 Å². The molecule has 0 bridgehead atoms. The molecular formula is C11H18N2O4. The van der Waals surface area contributed by atoms with Gasteiger partial charge in [-0.3, -0.25) is 9.59 Å². The Morgan fingerprint density at radius 3 is 2.76 bits per heavy atom. The molecule has 3 unspecified atom stereocenters. The Morgan fingerprint density at radius 2 is 2.24 bits per heavy atom. The Bertz CT molecular complexity index is 315. The maximum absolute atomic E-state index is 12.2. The fraction of sp³-hybridized carbons (Fsp3) is 0.818.